The number of hydrogen-bond donors (Lipinski definition) is 3. The van der Waals surface area contributed by atoms with E-state index in [2.05, 4.69) is 24.5 Å². The van der Waals surface area contributed by atoms with Gasteiger partial charge in [-0.1, -0.05) is 33.1 Å². The third kappa shape index (κ3) is 5.02. The molecule has 1 aliphatic carbocycles. The summed E-state index contributed by atoms with van der Waals surface area (Å²) in [5.74, 6) is -0.112. The van der Waals surface area contributed by atoms with Crippen LogP contribution in [0, 0.1) is 11.3 Å². The number of carboxylic acids is 1. The molecule has 20 heavy (non-hydrogen) atoms. The van der Waals surface area contributed by atoms with Crippen molar-refractivity contribution in [3.63, 3.8) is 0 Å². The molecule has 0 bridgehead atoms. The normalized spacial score (nSPS) is 18.2. The van der Waals surface area contributed by atoms with E-state index in [9.17, 15) is 14.7 Å². The molecule has 1 aliphatic rings. The van der Waals surface area contributed by atoms with Crippen molar-refractivity contribution in [1.29, 1.82) is 0 Å². The average molecular weight is 284 g/mol. The van der Waals surface area contributed by atoms with Gasteiger partial charge in [-0.3, -0.25) is 4.79 Å². The van der Waals surface area contributed by atoms with Crippen LogP contribution in [0.2, 0.25) is 0 Å². The molecule has 3 N–H and O–H groups in total. The predicted molar refractivity (Wildman–Crippen MR) is 78.6 cm³/mol. The number of amides is 2. The zero-order valence-corrected chi connectivity index (χ0v) is 12.9. The fourth-order valence-electron chi connectivity index (χ4n) is 2.50. The number of carboxylic acid groups (broad SMARTS) is 1. The van der Waals surface area contributed by atoms with E-state index in [1.54, 1.807) is 0 Å². The fraction of sp³-hybridized carbons (Fsp3) is 0.867. The topological polar surface area (TPSA) is 78.4 Å². The van der Waals surface area contributed by atoms with E-state index in [4.69, 9.17) is 0 Å². The second-order valence-electron chi connectivity index (χ2n) is 6.49. The van der Waals surface area contributed by atoms with Gasteiger partial charge in [0.25, 0.3) is 0 Å². The molecule has 2 amide bonds. The monoisotopic (exact) mass is 284 g/mol. The van der Waals surface area contributed by atoms with Gasteiger partial charge in [-0.2, -0.15) is 0 Å². The van der Waals surface area contributed by atoms with E-state index < -0.39 is 11.4 Å². The largest absolute Gasteiger partial charge is 0.481 e. The zero-order chi connectivity index (χ0) is 15.2. The number of hydrogen-bond acceptors (Lipinski definition) is 2. The Morgan fingerprint density at radius 3 is 2.30 bits per heavy atom. The molecule has 1 rings (SSSR count). The maximum Gasteiger partial charge on any atom is 0.315 e. The molecule has 1 saturated carbocycles. The van der Waals surface area contributed by atoms with Crippen LogP contribution in [0.4, 0.5) is 4.79 Å². The molecule has 0 aliphatic heterocycles. The lowest BCUT2D eigenvalue weighted by Gasteiger charge is -2.37. The Balaban J connectivity index is 2.21. The molecule has 1 fully saturated rings. The van der Waals surface area contributed by atoms with Gasteiger partial charge in [-0.05, 0) is 32.1 Å². The molecule has 0 aromatic rings. The van der Waals surface area contributed by atoms with Gasteiger partial charge < -0.3 is 15.7 Å². The van der Waals surface area contributed by atoms with E-state index in [0.717, 1.165) is 25.7 Å². The first kappa shape index (κ1) is 16.8. The highest BCUT2D eigenvalue weighted by Crippen LogP contribution is 2.40. The van der Waals surface area contributed by atoms with Crippen LogP contribution in [0.15, 0.2) is 0 Å². The Morgan fingerprint density at radius 2 is 1.85 bits per heavy atom. The van der Waals surface area contributed by atoms with Crippen molar-refractivity contribution < 1.29 is 14.7 Å². The first-order valence-electron chi connectivity index (χ1n) is 7.63. The van der Waals surface area contributed by atoms with E-state index in [0.29, 0.717) is 18.8 Å². The number of carbonyl (C=O) groups is 2. The van der Waals surface area contributed by atoms with Crippen LogP contribution < -0.4 is 10.6 Å². The van der Waals surface area contributed by atoms with E-state index in [1.165, 1.54) is 0 Å². The molecular weight excluding hydrogens is 256 g/mol. The van der Waals surface area contributed by atoms with Crippen molar-refractivity contribution in [2.75, 3.05) is 6.54 Å². The maximum absolute atomic E-state index is 11.7. The molecule has 0 spiro atoms. The lowest BCUT2D eigenvalue weighted by molar-refractivity contribution is -0.153. The molecule has 116 valence electrons. The minimum Gasteiger partial charge on any atom is -0.481 e. The van der Waals surface area contributed by atoms with Crippen LogP contribution in [0.1, 0.15) is 59.3 Å². The Bertz CT molecular complexity index is 338. The third-order valence-electron chi connectivity index (χ3n) is 4.15. The second-order valence-corrected chi connectivity index (χ2v) is 6.49. The molecule has 0 aromatic carbocycles. The van der Waals surface area contributed by atoms with Gasteiger partial charge in [0.15, 0.2) is 0 Å². The molecule has 1 unspecified atom stereocenters. The Morgan fingerprint density at radius 1 is 1.20 bits per heavy atom. The average Bonchev–Trinajstić information content (AvgIpc) is 2.26. The van der Waals surface area contributed by atoms with Gasteiger partial charge in [0.1, 0.15) is 0 Å². The summed E-state index contributed by atoms with van der Waals surface area (Å²) in [6, 6.07) is -0.134. The van der Waals surface area contributed by atoms with Crippen LogP contribution in [0.5, 0.6) is 0 Å². The lowest BCUT2D eigenvalue weighted by atomic mass is 9.69. The van der Waals surface area contributed by atoms with Crippen LogP contribution in [-0.2, 0) is 4.79 Å². The van der Waals surface area contributed by atoms with Crippen molar-refractivity contribution in [1.82, 2.24) is 10.6 Å². The van der Waals surface area contributed by atoms with Gasteiger partial charge in [-0.15, -0.1) is 0 Å². The van der Waals surface area contributed by atoms with Crippen molar-refractivity contribution in [2.24, 2.45) is 11.3 Å². The van der Waals surface area contributed by atoms with E-state index in [-0.39, 0.29) is 18.6 Å². The third-order valence-corrected chi connectivity index (χ3v) is 4.15. The van der Waals surface area contributed by atoms with Gasteiger partial charge in [0.2, 0.25) is 0 Å². The van der Waals surface area contributed by atoms with Gasteiger partial charge in [0.05, 0.1) is 5.41 Å². The van der Waals surface area contributed by atoms with E-state index in [1.807, 2.05) is 6.92 Å². The number of urea groups is 1. The number of aliphatic carboxylic acids is 1. The summed E-state index contributed by atoms with van der Waals surface area (Å²) in [6.07, 6.45) is 5.46. The van der Waals surface area contributed by atoms with Crippen molar-refractivity contribution >= 4 is 12.0 Å². The summed E-state index contributed by atoms with van der Waals surface area (Å²) in [7, 11) is 0. The quantitative estimate of drug-likeness (QED) is 0.641. The minimum atomic E-state index is -0.797. The molecule has 0 heterocycles. The molecule has 0 saturated heterocycles. The fourth-order valence-corrected chi connectivity index (χ4v) is 2.50. The predicted octanol–water partition coefficient (Wildman–Crippen LogP) is 2.76. The second kappa shape index (κ2) is 7.50. The Kier molecular flexibility index (Phi) is 6.30. The molecular formula is C15H28N2O3. The summed E-state index contributed by atoms with van der Waals surface area (Å²) >= 11 is 0. The summed E-state index contributed by atoms with van der Waals surface area (Å²) in [5, 5.41) is 14.8. The van der Waals surface area contributed by atoms with E-state index >= 15 is 0 Å². The highest BCUT2D eigenvalue weighted by molar-refractivity contribution is 5.78. The number of rotatable bonds is 8. The first-order valence-corrected chi connectivity index (χ1v) is 7.63. The highest BCUT2D eigenvalue weighted by Gasteiger charge is 2.44. The summed E-state index contributed by atoms with van der Waals surface area (Å²) in [6.45, 7) is 6.59. The Hall–Kier alpha value is -1.26. The van der Waals surface area contributed by atoms with Crippen molar-refractivity contribution in [3.05, 3.63) is 0 Å². The van der Waals surface area contributed by atoms with Crippen LogP contribution in [0.3, 0.4) is 0 Å². The van der Waals surface area contributed by atoms with Crippen LogP contribution in [0.25, 0.3) is 0 Å². The van der Waals surface area contributed by atoms with Gasteiger partial charge in [-0.25, -0.2) is 4.79 Å². The highest BCUT2D eigenvalue weighted by atomic mass is 16.4. The zero-order valence-electron chi connectivity index (χ0n) is 12.9. The molecule has 5 nitrogen and oxygen atoms in total. The molecule has 5 heteroatoms. The van der Waals surface area contributed by atoms with Crippen molar-refractivity contribution in [3.8, 4) is 0 Å². The molecule has 0 radical (unpaired) electrons. The lowest BCUT2D eigenvalue weighted by Crippen LogP contribution is -2.50. The smallest absolute Gasteiger partial charge is 0.315 e. The van der Waals surface area contributed by atoms with Crippen molar-refractivity contribution in [2.45, 2.75) is 65.3 Å². The standard InChI is InChI=1S/C15H28N2O3/c1-11(2)6-4-7-12(3)17-14(20)16-10-15(13(18)19)8-5-9-15/h11-12H,4-10H2,1-3H3,(H,18,19)(H2,16,17,20). The minimum absolute atomic E-state index is 0.121. The number of carbonyl (C=O) groups excluding carboxylic acids is 1. The Labute approximate surface area is 121 Å². The van der Waals surface area contributed by atoms with Gasteiger partial charge >= 0.3 is 12.0 Å². The number of nitrogens with one attached hydrogen (secondary N) is 2. The molecule has 0 aromatic heterocycles. The van der Waals surface area contributed by atoms with Crippen LogP contribution in [-0.4, -0.2) is 29.7 Å². The summed E-state index contributed by atoms with van der Waals surface area (Å²) in [4.78, 5) is 22.9. The molecule has 1 atom stereocenters. The van der Waals surface area contributed by atoms with Crippen LogP contribution >= 0.6 is 0 Å². The summed E-state index contributed by atoms with van der Waals surface area (Å²) < 4.78 is 0. The van der Waals surface area contributed by atoms with Gasteiger partial charge in [0, 0.05) is 12.6 Å². The first-order chi connectivity index (χ1) is 9.35. The maximum atomic E-state index is 11.7. The SMILES string of the molecule is CC(C)CCCC(C)NC(=O)NCC1(C(=O)O)CCC1. The summed E-state index contributed by atoms with van der Waals surface area (Å²) in [5.41, 5.74) is -0.724.